The average Bonchev–Trinajstić information content (AvgIpc) is 3.09. The first-order chi connectivity index (χ1) is 11.8. The normalized spacial score (nSPS) is 10.7. The summed E-state index contributed by atoms with van der Waals surface area (Å²) < 4.78 is 0. The molecule has 24 heavy (non-hydrogen) atoms. The van der Waals surface area contributed by atoms with Crippen LogP contribution >= 0.6 is 0 Å². The first kappa shape index (κ1) is 14.3. The van der Waals surface area contributed by atoms with Gasteiger partial charge >= 0.3 is 0 Å². The van der Waals surface area contributed by atoms with Gasteiger partial charge in [-0.05, 0) is 12.5 Å². The van der Waals surface area contributed by atoms with Crippen molar-refractivity contribution in [3.63, 3.8) is 0 Å². The van der Waals surface area contributed by atoms with Crippen molar-refractivity contribution < 1.29 is 0 Å². The van der Waals surface area contributed by atoms with Gasteiger partial charge in [-0.15, -0.1) is 15.0 Å². The highest BCUT2D eigenvalue weighted by Gasteiger charge is 2.17. The van der Waals surface area contributed by atoms with E-state index in [1.54, 1.807) is 17.2 Å². The fraction of sp³-hybridized carbons (Fsp3) is 0.0526. The summed E-state index contributed by atoms with van der Waals surface area (Å²) in [6, 6.07) is 18.3. The van der Waals surface area contributed by atoms with Crippen LogP contribution in [0.2, 0.25) is 0 Å². The second kappa shape index (κ2) is 6.04. The van der Waals surface area contributed by atoms with E-state index in [1.807, 2.05) is 42.5 Å². The van der Waals surface area contributed by atoms with Gasteiger partial charge in [-0.25, -0.2) is 9.97 Å². The maximum Gasteiger partial charge on any atom is 0.122 e. The molecule has 0 unspecified atom stereocenters. The lowest BCUT2D eigenvalue weighted by Gasteiger charge is -2.04. The minimum Gasteiger partial charge on any atom is -0.243 e. The standard InChI is InChI=1S/C19H15N5/c1-14-7-5-6-10-17(14)19-18(15-8-3-2-4-9-15)22-24(23-19)16-11-20-13-21-12-16/h2-13H,1H3. The van der Waals surface area contributed by atoms with Gasteiger partial charge in [-0.2, -0.15) is 0 Å². The van der Waals surface area contributed by atoms with Crippen LogP contribution in [-0.4, -0.2) is 25.0 Å². The predicted molar refractivity (Wildman–Crippen MR) is 92.6 cm³/mol. The van der Waals surface area contributed by atoms with E-state index in [1.165, 1.54) is 6.33 Å². The summed E-state index contributed by atoms with van der Waals surface area (Å²) in [6.07, 6.45) is 4.89. The Hall–Kier alpha value is -3.34. The highest BCUT2D eigenvalue weighted by molar-refractivity contribution is 5.79. The van der Waals surface area contributed by atoms with E-state index >= 15 is 0 Å². The molecule has 0 saturated heterocycles. The molecule has 116 valence electrons. The van der Waals surface area contributed by atoms with Crippen molar-refractivity contribution in [2.45, 2.75) is 6.92 Å². The maximum atomic E-state index is 4.71. The first-order valence-corrected chi connectivity index (χ1v) is 7.67. The van der Waals surface area contributed by atoms with Gasteiger partial charge in [0.15, 0.2) is 0 Å². The maximum absolute atomic E-state index is 4.71. The Kier molecular flexibility index (Phi) is 3.59. The van der Waals surface area contributed by atoms with Crippen LogP contribution in [0.5, 0.6) is 0 Å². The number of aryl methyl sites for hydroxylation is 1. The van der Waals surface area contributed by atoms with Gasteiger partial charge in [-0.1, -0.05) is 54.6 Å². The zero-order chi connectivity index (χ0) is 16.4. The highest BCUT2D eigenvalue weighted by Crippen LogP contribution is 2.31. The molecule has 0 N–H and O–H groups in total. The molecule has 0 radical (unpaired) electrons. The molecule has 0 atom stereocenters. The molecule has 0 aliphatic heterocycles. The van der Waals surface area contributed by atoms with Crippen LogP contribution in [0.4, 0.5) is 0 Å². The van der Waals surface area contributed by atoms with Crippen molar-refractivity contribution in [2.24, 2.45) is 0 Å². The lowest BCUT2D eigenvalue weighted by molar-refractivity contribution is 0.746. The third kappa shape index (κ3) is 2.56. The van der Waals surface area contributed by atoms with Crippen molar-refractivity contribution >= 4 is 0 Å². The Morgan fingerprint density at radius 3 is 2.17 bits per heavy atom. The Balaban J connectivity index is 1.94. The first-order valence-electron chi connectivity index (χ1n) is 7.67. The summed E-state index contributed by atoms with van der Waals surface area (Å²) in [7, 11) is 0. The minimum atomic E-state index is 0.731. The molecule has 0 bridgehead atoms. The number of hydrogen-bond acceptors (Lipinski definition) is 4. The second-order valence-corrected chi connectivity index (χ2v) is 5.46. The largest absolute Gasteiger partial charge is 0.243 e. The van der Waals surface area contributed by atoms with Gasteiger partial charge in [0.05, 0.1) is 12.4 Å². The van der Waals surface area contributed by atoms with Crippen LogP contribution < -0.4 is 0 Å². The van der Waals surface area contributed by atoms with Gasteiger partial charge in [0.2, 0.25) is 0 Å². The second-order valence-electron chi connectivity index (χ2n) is 5.46. The van der Waals surface area contributed by atoms with E-state index in [9.17, 15) is 0 Å². The molecule has 2 aromatic carbocycles. The number of aromatic nitrogens is 5. The van der Waals surface area contributed by atoms with Gasteiger partial charge in [-0.3, -0.25) is 0 Å². The Bertz CT molecular complexity index is 961. The molecule has 0 saturated carbocycles. The molecule has 4 aromatic rings. The molecule has 5 heteroatoms. The van der Waals surface area contributed by atoms with E-state index in [2.05, 4.69) is 29.0 Å². The topological polar surface area (TPSA) is 56.5 Å². The average molecular weight is 313 g/mol. The van der Waals surface area contributed by atoms with E-state index in [4.69, 9.17) is 10.2 Å². The number of hydrogen-bond donors (Lipinski definition) is 0. The fourth-order valence-electron chi connectivity index (χ4n) is 2.63. The Morgan fingerprint density at radius 2 is 1.42 bits per heavy atom. The van der Waals surface area contributed by atoms with E-state index in [0.29, 0.717) is 0 Å². The van der Waals surface area contributed by atoms with Crippen molar-refractivity contribution in [3.8, 4) is 28.2 Å². The Labute approximate surface area is 139 Å². The zero-order valence-electron chi connectivity index (χ0n) is 13.2. The van der Waals surface area contributed by atoms with Gasteiger partial charge in [0, 0.05) is 11.1 Å². The molecular weight excluding hydrogens is 298 g/mol. The van der Waals surface area contributed by atoms with Crippen molar-refractivity contribution in [1.82, 2.24) is 25.0 Å². The minimum absolute atomic E-state index is 0.731. The monoisotopic (exact) mass is 313 g/mol. The van der Waals surface area contributed by atoms with Crippen LogP contribution in [0, 0.1) is 6.92 Å². The van der Waals surface area contributed by atoms with Crippen molar-refractivity contribution in [3.05, 3.63) is 78.9 Å². The summed E-state index contributed by atoms with van der Waals surface area (Å²) in [5.74, 6) is 0. The summed E-state index contributed by atoms with van der Waals surface area (Å²) in [4.78, 5) is 9.69. The summed E-state index contributed by atoms with van der Waals surface area (Å²) in [5.41, 5.74) is 5.68. The third-order valence-electron chi connectivity index (χ3n) is 3.84. The quantitative estimate of drug-likeness (QED) is 0.578. The third-order valence-corrected chi connectivity index (χ3v) is 3.84. The molecule has 0 amide bonds. The number of benzene rings is 2. The molecule has 4 rings (SSSR count). The van der Waals surface area contributed by atoms with Crippen LogP contribution in [0.1, 0.15) is 5.56 Å². The number of nitrogens with zero attached hydrogens (tertiary/aromatic N) is 5. The fourth-order valence-corrected chi connectivity index (χ4v) is 2.63. The summed E-state index contributed by atoms with van der Waals surface area (Å²) in [5, 5.41) is 9.41. The summed E-state index contributed by atoms with van der Waals surface area (Å²) in [6.45, 7) is 2.08. The van der Waals surface area contributed by atoms with Gasteiger partial charge < -0.3 is 0 Å². The SMILES string of the molecule is Cc1ccccc1-c1nn(-c2cncnc2)nc1-c1ccccc1. The molecule has 2 heterocycles. The molecule has 0 aliphatic rings. The van der Waals surface area contributed by atoms with E-state index in [-0.39, 0.29) is 0 Å². The molecule has 5 nitrogen and oxygen atoms in total. The molecule has 0 aliphatic carbocycles. The van der Waals surface area contributed by atoms with Gasteiger partial charge in [0.25, 0.3) is 0 Å². The van der Waals surface area contributed by atoms with E-state index in [0.717, 1.165) is 33.8 Å². The highest BCUT2D eigenvalue weighted by atomic mass is 15.5. The molecular formula is C19H15N5. The zero-order valence-corrected chi connectivity index (χ0v) is 13.2. The number of rotatable bonds is 3. The molecule has 0 spiro atoms. The summed E-state index contributed by atoms with van der Waals surface area (Å²) >= 11 is 0. The smallest absolute Gasteiger partial charge is 0.122 e. The molecule has 0 fully saturated rings. The van der Waals surface area contributed by atoms with Crippen LogP contribution in [0.3, 0.4) is 0 Å². The lowest BCUT2D eigenvalue weighted by Crippen LogP contribution is -2.00. The van der Waals surface area contributed by atoms with Crippen LogP contribution in [0.25, 0.3) is 28.2 Å². The predicted octanol–water partition coefficient (Wildman–Crippen LogP) is 3.70. The van der Waals surface area contributed by atoms with Gasteiger partial charge in [0.1, 0.15) is 23.4 Å². The Morgan fingerprint density at radius 1 is 0.750 bits per heavy atom. The lowest BCUT2D eigenvalue weighted by atomic mass is 10.0. The van der Waals surface area contributed by atoms with Crippen LogP contribution in [-0.2, 0) is 0 Å². The van der Waals surface area contributed by atoms with Crippen LogP contribution in [0.15, 0.2) is 73.3 Å². The van der Waals surface area contributed by atoms with Crippen molar-refractivity contribution in [2.75, 3.05) is 0 Å². The van der Waals surface area contributed by atoms with Crippen molar-refractivity contribution in [1.29, 1.82) is 0 Å². The van der Waals surface area contributed by atoms with E-state index < -0.39 is 0 Å². The molecule has 2 aromatic heterocycles.